The van der Waals surface area contributed by atoms with Crippen LogP contribution in [0.4, 0.5) is 0 Å². The Morgan fingerprint density at radius 2 is 1.73 bits per heavy atom. The second kappa shape index (κ2) is 9.40. The van der Waals surface area contributed by atoms with E-state index in [2.05, 4.69) is 0 Å². The van der Waals surface area contributed by atoms with Gasteiger partial charge in [0.2, 0.25) is 0 Å². The first kappa shape index (κ1) is 33.0. The van der Waals surface area contributed by atoms with Crippen molar-refractivity contribution in [2.75, 3.05) is 13.7 Å². The van der Waals surface area contributed by atoms with Crippen molar-refractivity contribution in [3.8, 4) is 0 Å². The Labute approximate surface area is 279 Å². The van der Waals surface area contributed by atoms with Gasteiger partial charge in [0.05, 0.1) is 43.0 Å². The first-order valence-corrected chi connectivity index (χ1v) is 16.3. The molecular formula is C33H40O16. The monoisotopic (exact) mass is 692 g/mol. The highest BCUT2D eigenvalue weighted by molar-refractivity contribution is 5.74. The van der Waals surface area contributed by atoms with Crippen LogP contribution in [-0.4, -0.2) is 111 Å². The van der Waals surface area contributed by atoms with Gasteiger partial charge in [0.1, 0.15) is 53.4 Å². The Balaban J connectivity index is 1.51. The Morgan fingerprint density at radius 3 is 2.35 bits per heavy atom. The summed E-state index contributed by atoms with van der Waals surface area (Å²) < 4.78 is 48.3. The predicted molar refractivity (Wildman–Crippen MR) is 154 cm³/mol. The molecule has 0 aromatic carbocycles. The van der Waals surface area contributed by atoms with Gasteiger partial charge >= 0.3 is 23.9 Å². The molecule has 49 heavy (non-hydrogen) atoms. The number of aliphatic hydroxyl groups excluding tert-OH is 3. The normalized spacial score (nSPS) is 54.2. The molecule has 16 heteroatoms. The molecule has 4 saturated carbocycles. The quantitative estimate of drug-likeness (QED) is 0.223. The van der Waals surface area contributed by atoms with Crippen LogP contribution in [0, 0.1) is 28.1 Å². The maximum Gasteiger partial charge on any atom is 0.306 e. The Kier molecular flexibility index (Phi) is 6.34. The SMILES string of the molecule is COC(=O)C[C@H]1[C@@]2(C)CC34OC5(C)O[C@]6([C@@H]7CC(=O)O[C@@H](c8ccoc8)[C@]7(C)[C@@H](OC(C)=O)[C@@H](O)[C@]6(O5)[C@]13COC(C)=O)[C@H](O)[C@@]4(O)[C@H]2O. The molecule has 7 aliphatic rings. The second-order valence-electron chi connectivity index (χ2n) is 15.4. The molecule has 16 nitrogen and oxygen atoms in total. The van der Waals surface area contributed by atoms with E-state index in [1.807, 2.05) is 0 Å². The number of hydrogen-bond acceptors (Lipinski definition) is 16. The van der Waals surface area contributed by atoms with Crippen molar-refractivity contribution in [3.63, 3.8) is 0 Å². The molecule has 8 rings (SSSR count). The summed E-state index contributed by atoms with van der Waals surface area (Å²) in [4.78, 5) is 52.6. The fourth-order valence-electron chi connectivity index (χ4n) is 12.4. The van der Waals surface area contributed by atoms with E-state index in [9.17, 15) is 39.6 Å². The van der Waals surface area contributed by atoms with E-state index in [0.29, 0.717) is 5.56 Å². The Bertz CT molecular complexity index is 1660. The van der Waals surface area contributed by atoms with Crippen LogP contribution in [0.5, 0.6) is 0 Å². The van der Waals surface area contributed by atoms with Gasteiger partial charge in [-0.05, 0) is 18.4 Å². The van der Waals surface area contributed by atoms with Crippen molar-refractivity contribution in [2.24, 2.45) is 28.1 Å². The Hall–Kier alpha value is -3.12. The molecule has 4 bridgehead atoms. The van der Waals surface area contributed by atoms with Crippen LogP contribution >= 0.6 is 0 Å². The second-order valence-corrected chi connectivity index (χ2v) is 15.4. The maximum atomic E-state index is 13.7. The summed E-state index contributed by atoms with van der Waals surface area (Å²) >= 11 is 0. The lowest BCUT2D eigenvalue weighted by Crippen LogP contribution is -2.98. The molecular weight excluding hydrogens is 652 g/mol. The molecule has 15 atom stereocenters. The number of furan rings is 1. The summed E-state index contributed by atoms with van der Waals surface area (Å²) in [6.45, 7) is 6.16. The lowest BCUT2D eigenvalue weighted by atomic mass is 9.32. The molecule has 2 unspecified atom stereocenters. The van der Waals surface area contributed by atoms with Gasteiger partial charge in [0.15, 0.2) is 0 Å². The largest absolute Gasteiger partial charge is 0.472 e. The molecule has 0 radical (unpaired) electrons. The predicted octanol–water partition coefficient (Wildman–Crippen LogP) is -0.218. The number of aliphatic hydroxyl groups is 4. The van der Waals surface area contributed by atoms with Crippen LogP contribution in [-0.2, 0) is 52.3 Å². The van der Waals surface area contributed by atoms with Crippen molar-refractivity contribution >= 4 is 23.9 Å². The van der Waals surface area contributed by atoms with Crippen LogP contribution < -0.4 is 0 Å². The lowest BCUT2D eigenvalue weighted by molar-refractivity contribution is -0.498. The van der Waals surface area contributed by atoms with Crippen LogP contribution in [0.25, 0.3) is 0 Å². The summed E-state index contributed by atoms with van der Waals surface area (Å²) in [5, 5.41) is 51.3. The Morgan fingerprint density at radius 1 is 1.02 bits per heavy atom. The van der Waals surface area contributed by atoms with E-state index in [-0.39, 0.29) is 6.42 Å². The van der Waals surface area contributed by atoms with Crippen molar-refractivity contribution in [2.45, 2.75) is 113 Å². The number of carbonyl (C=O) groups excluding carboxylic acids is 4. The number of esters is 4. The molecule has 3 aliphatic heterocycles. The van der Waals surface area contributed by atoms with Crippen LogP contribution in [0.1, 0.15) is 65.5 Å². The molecule has 1 aromatic rings. The molecule has 4 N–H and O–H groups in total. The van der Waals surface area contributed by atoms with E-state index in [4.69, 9.17) is 37.6 Å². The minimum Gasteiger partial charge on any atom is -0.472 e. The third-order valence-electron chi connectivity index (χ3n) is 13.6. The molecule has 4 heterocycles. The molecule has 2 spiro atoms. The van der Waals surface area contributed by atoms with Gasteiger partial charge < -0.3 is 58.0 Å². The summed E-state index contributed by atoms with van der Waals surface area (Å²) in [5.41, 5.74) is -14.3. The number of hydrogen-bond donors (Lipinski definition) is 4. The number of fused-ring (bicyclic) bond motifs is 3. The van der Waals surface area contributed by atoms with E-state index in [0.717, 1.165) is 13.8 Å². The van der Waals surface area contributed by atoms with Crippen molar-refractivity contribution in [1.29, 1.82) is 0 Å². The number of rotatable bonds is 6. The third-order valence-corrected chi connectivity index (χ3v) is 13.6. The van der Waals surface area contributed by atoms with E-state index in [1.165, 1.54) is 32.6 Å². The maximum absolute atomic E-state index is 13.7. The summed E-state index contributed by atoms with van der Waals surface area (Å²) in [6.07, 6.45) is -7.32. The van der Waals surface area contributed by atoms with Gasteiger partial charge in [-0.25, -0.2) is 0 Å². The number of cyclic esters (lactones) is 1. The number of ether oxygens (including phenoxy) is 7. The van der Waals surface area contributed by atoms with Gasteiger partial charge in [0.25, 0.3) is 5.97 Å². The molecule has 0 amide bonds. The zero-order valence-electron chi connectivity index (χ0n) is 27.8. The van der Waals surface area contributed by atoms with Gasteiger partial charge in [-0.15, -0.1) is 0 Å². The van der Waals surface area contributed by atoms with Crippen LogP contribution in [0.3, 0.4) is 0 Å². The van der Waals surface area contributed by atoms with E-state index < -0.39 is 130 Å². The highest BCUT2D eigenvalue weighted by Gasteiger charge is 3.06. The van der Waals surface area contributed by atoms with Gasteiger partial charge in [-0.3, -0.25) is 19.2 Å². The third kappa shape index (κ3) is 3.15. The summed E-state index contributed by atoms with van der Waals surface area (Å²) in [5.74, 6) is -7.76. The zero-order chi connectivity index (χ0) is 35.5. The average Bonchev–Trinajstić information content (AvgIpc) is 3.73. The topological polar surface area (TPSA) is 227 Å². The molecule has 7 fully saturated rings. The first-order chi connectivity index (χ1) is 22.8. The smallest absolute Gasteiger partial charge is 0.306 e. The van der Waals surface area contributed by atoms with Crippen LogP contribution in [0.15, 0.2) is 23.0 Å². The highest BCUT2D eigenvalue weighted by atomic mass is 16.9. The fourth-order valence-corrected chi connectivity index (χ4v) is 12.4. The van der Waals surface area contributed by atoms with Gasteiger partial charge in [0, 0.05) is 44.1 Å². The molecule has 268 valence electrons. The van der Waals surface area contributed by atoms with E-state index >= 15 is 0 Å². The molecule has 3 saturated heterocycles. The van der Waals surface area contributed by atoms with Gasteiger partial charge in [-0.2, -0.15) is 0 Å². The van der Waals surface area contributed by atoms with Crippen molar-refractivity contribution < 1.29 is 77.2 Å². The van der Waals surface area contributed by atoms with Crippen molar-refractivity contribution in [1.82, 2.24) is 0 Å². The first-order valence-electron chi connectivity index (χ1n) is 16.3. The minimum absolute atomic E-state index is 0.218. The summed E-state index contributed by atoms with van der Waals surface area (Å²) in [6, 6.07) is 1.53. The molecule has 1 aromatic heterocycles. The average molecular weight is 693 g/mol. The van der Waals surface area contributed by atoms with Gasteiger partial charge in [-0.1, -0.05) is 13.8 Å². The van der Waals surface area contributed by atoms with Crippen LogP contribution in [0.2, 0.25) is 0 Å². The number of methoxy groups -OCH3 is 1. The highest BCUT2D eigenvalue weighted by Crippen LogP contribution is 2.89. The summed E-state index contributed by atoms with van der Waals surface area (Å²) in [7, 11) is 1.17. The lowest BCUT2D eigenvalue weighted by Gasteiger charge is -2.78. The zero-order valence-corrected chi connectivity index (χ0v) is 27.8. The fraction of sp³-hybridized carbons (Fsp3) is 0.758. The number of carbonyl (C=O) groups is 4. The van der Waals surface area contributed by atoms with E-state index in [1.54, 1.807) is 13.8 Å². The molecule has 4 aliphatic carbocycles. The minimum atomic E-state index is -2.62. The standard InChI is InChI=1S/C33H40O16/c1-14(34)44-13-29-17(9-19(36)42-6)26(3)12-30(29)31(41,24(26)39)25(40)32-18-10-20(37)46-22(16-7-8-43-11-16)27(18,4)23(45-15(2)35)21(38)33(29,32)49-28(5,47-30)48-32/h7-8,11,17-18,21-25,38-41H,9-10,12-13H2,1-6H3/t17-,18+,21+,22-,23-,24-,25+,26+,27+,28?,29+,30?,31-,32+,33-/m0/s1. The van der Waals surface area contributed by atoms with Crippen molar-refractivity contribution in [3.05, 3.63) is 24.2 Å².